The number of hydrogen-bond donors (Lipinski definition) is 2. The summed E-state index contributed by atoms with van der Waals surface area (Å²) in [5.74, 6) is 0.756. The molecule has 0 aromatic heterocycles. The molecule has 0 aliphatic carbocycles. The lowest BCUT2D eigenvalue weighted by atomic mass is 10.1. The van der Waals surface area contributed by atoms with Crippen molar-refractivity contribution >= 4 is 45.4 Å². The van der Waals surface area contributed by atoms with E-state index in [9.17, 15) is 24.3 Å². The van der Waals surface area contributed by atoms with Gasteiger partial charge in [-0.2, -0.15) is 0 Å². The highest BCUT2D eigenvalue weighted by molar-refractivity contribution is 5.97. The van der Waals surface area contributed by atoms with Crippen molar-refractivity contribution in [2.45, 2.75) is 65.6 Å². The van der Waals surface area contributed by atoms with Crippen LogP contribution in [0, 0.1) is 0 Å². The second kappa shape index (κ2) is 29.6. The van der Waals surface area contributed by atoms with Gasteiger partial charge in [0.1, 0.15) is 47.7 Å². The Morgan fingerprint density at radius 3 is 1.45 bits per heavy atom. The lowest BCUT2D eigenvalue weighted by Crippen LogP contribution is -2.10. The van der Waals surface area contributed by atoms with E-state index >= 15 is 0 Å². The smallest absolute Gasteiger partial charge is 0.343 e. The molecular weight excluding hydrogens is 961 g/mol. The standard InChI is InChI=1S/C30H26O5.C16H18O2.C14H10O4.C4H8O/c1-3-8-24-19-26(33-20-21-9-6-5-7-10-21)15-16-28(24)35-30(32)25-12-11-23-18-27(34-29(31)4-2)14-13-22(23)17-25;1-2-6-14-11-15(9-10-16(14)17)18-12-13-7-4-3-5-8-13;1-2-13(15)18-12-6-5-9-7-11(14(16)17)4-3-10(9)8-12;1-2-4-5-3-1/h4-7,9-19H,2-3,8,20H2,1H3;3-5,7-11,17H,2,6,12H2,1H3;2-8H,1H2,(H,16,17);1-4H2. The summed E-state index contributed by atoms with van der Waals surface area (Å²) in [6.07, 6.45) is 8.29. The normalized spacial score (nSPS) is 11.2. The van der Waals surface area contributed by atoms with Crippen LogP contribution >= 0.6 is 0 Å². The third kappa shape index (κ3) is 17.9. The number of carbonyl (C=O) groups excluding carboxylic acids is 3. The zero-order valence-corrected chi connectivity index (χ0v) is 42.8. The third-order valence-corrected chi connectivity index (χ3v) is 11.5. The maximum atomic E-state index is 12.9. The predicted molar refractivity (Wildman–Crippen MR) is 296 cm³/mol. The number of carbonyl (C=O) groups is 4. The van der Waals surface area contributed by atoms with Gasteiger partial charge in [-0.25, -0.2) is 19.2 Å². The van der Waals surface area contributed by atoms with E-state index < -0.39 is 23.9 Å². The Kier molecular flexibility index (Phi) is 22.0. The molecule has 76 heavy (non-hydrogen) atoms. The maximum absolute atomic E-state index is 12.9. The van der Waals surface area contributed by atoms with E-state index in [1.165, 1.54) is 18.9 Å². The Balaban J connectivity index is 0.000000191. The van der Waals surface area contributed by atoms with Crippen LogP contribution < -0.4 is 23.7 Å². The Morgan fingerprint density at radius 1 is 0.513 bits per heavy atom. The summed E-state index contributed by atoms with van der Waals surface area (Å²) in [7, 11) is 0. The van der Waals surface area contributed by atoms with E-state index in [0.29, 0.717) is 41.8 Å². The number of carboxylic acids is 1. The Hall–Kier alpha value is -9.00. The maximum Gasteiger partial charge on any atom is 0.343 e. The van der Waals surface area contributed by atoms with Crippen LogP contribution in [-0.2, 0) is 40.4 Å². The third-order valence-electron chi connectivity index (χ3n) is 11.5. The fraction of sp³-hybridized carbons (Fsp3) is 0.188. The molecule has 2 N–H and O–H groups in total. The Morgan fingerprint density at radius 2 is 0.961 bits per heavy atom. The first kappa shape index (κ1) is 56.3. The lowest BCUT2D eigenvalue weighted by Gasteiger charge is -2.13. The highest BCUT2D eigenvalue weighted by atomic mass is 16.5. The van der Waals surface area contributed by atoms with Gasteiger partial charge in [0.2, 0.25) is 0 Å². The number of hydrogen-bond acceptors (Lipinski definition) is 11. The summed E-state index contributed by atoms with van der Waals surface area (Å²) >= 11 is 0. The number of aromatic hydroxyl groups is 1. The molecule has 0 atom stereocenters. The number of rotatable bonds is 17. The molecule has 9 rings (SSSR count). The van der Waals surface area contributed by atoms with Crippen LogP contribution in [0.25, 0.3) is 21.5 Å². The van der Waals surface area contributed by atoms with Crippen molar-refractivity contribution in [1.29, 1.82) is 0 Å². The quantitative estimate of drug-likeness (QED) is 0.0505. The van der Waals surface area contributed by atoms with Crippen LogP contribution in [0.15, 0.2) is 195 Å². The van der Waals surface area contributed by atoms with Crippen LogP contribution in [0.4, 0.5) is 0 Å². The molecule has 0 saturated carbocycles. The molecule has 0 unspecified atom stereocenters. The minimum absolute atomic E-state index is 0.221. The molecule has 8 aromatic carbocycles. The molecule has 1 aliphatic heterocycles. The molecule has 0 bridgehead atoms. The van der Waals surface area contributed by atoms with Crippen molar-refractivity contribution in [1.82, 2.24) is 0 Å². The summed E-state index contributed by atoms with van der Waals surface area (Å²) in [4.78, 5) is 46.2. The van der Waals surface area contributed by atoms with Crippen LogP contribution in [0.1, 0.15) is 82.5 Å². The first-order valence-corrected chi connectivity index (χ1v) is 25.0. The van der Waals surface area contributed by atoms with E-state index in [1.807, 2.05) is 78.9 Å². The van der Waals surface area contributed by atoms with Gasteiger partial charge < -0.3 is 38.6 Å². The van der Waals surface area contributed by atoms with Gasteiger partial charge in [-0.15, -0.1) is 0 Å². The van der Waals surface area contributed by atoms with E-state index in [1.54, 1.807) is 84.9 Å². The van der Waals surface area contributed by atoms with Crippen molar-refractivity contribution in [3.8, 4) is 34.5 Å². The number of carboxylic acid groups (broad SMARTS) is 1. The Labute approximate surface area is 443 Å². The average Bonchev–Trinajstić information content (AvgIpc) is 4.05. The number of aromatic carboxylic acids is 1. The fourth-order valence-corrected chi connectivity index (χ4v) is 7.63. The van der Waals surface area contributed by atoms with Crippen LogP contribution in [0.3, 0.4) is 0 Å². The van der Waals surface area contributed by atoms with E-state index in [-0.39, 0.29) is 5.56 Å². The zero-order valence-electron chi connectivity index (χ0n) is 42.8. The first-order chi connectivity index (χ1) is 36.9. The topological polar surface area (TPSA) is 164 Å². The van der Waals surface area contributed by atoms with Gasteiger partial charge >= 0.3 is 23.9 Å². The molecule has 1 heterocycles. The number of ether oxygens (including phenoxy) is 6. The average molecular weight is 1020 g/mol. The molecule has 0 spiro atoms. The number of benzene rings is 8. The van der Waals surface area contributed by atoms with Gasteiger partial charge in [0.05, 0.1) is 11.1 Å². The minimum atomic E-state index is -0.973. The highest BCUT2D eigenvalue weighted by Crippen LogP contribution is 2.29. The molecule has 390 valence electrons. The number of fused-ring (bicyclic) bond motifs is 2. The second-order valence-electron chi connectivity index (χ2n) is 17.3. The van der Waals surface area contributed by atoms with Crippen molar-refractivity contribution in [2.24, 2.45) is 0 Å². The molecule has 12 heteroatoms. The van der Waals surface area contributed by atoms with Crippen LogP contribution in [0.2, 0.25) is 0 Å². The fourth-order valence-electron chi connectivity index (χ4n) is 7.63. The molecule has 12 nitrogen and oxygen atoms in total. The van der Waals surface area contributed by atoms with E-state index in [2.05, 4.69) is 27.0 Å². The SMILES string of the molecule is C1CCOC1.C=CC(=O)Oc1ccc2cc(C(=O)O)ccc2c1.C=CC(=O)Oc1ccc2cc(C(=O)Oc3ccc(OCc4ccccc4)cc3CCC)ccc2c1.CCCc1cc(OCc2ccccc2)ccc1O. The summed E-state index contributed by atoms with van der Waals surface area (Å²) in [6, 6.07) is 51.1. The number of phenols is 1. The van der Waals surface area contributed by atoms with Crippen molar-refractivity contribution in [3.05, 3.63) is 229 Å². The summed E-state index contributed by atoms with van der Waals surface area (Å²) < 4.78 is 32.5. The summed E-state index contributed by atoms with van der Waals surface area (Å²) in [5.41, 5.74) is 4.74. The van der Waals surface area contributed by atoms with Crippen LogP contribution in [0.5, 0.6) is 34.5 Å². The summed E-state index contributed by atoms with van der Waals surface area (Å²) in [5, 5.41) is 21.8. The number of phenolic OH excluding ortho intramolecular Hbond substituents is 1. The second-order valence-corrected chi connectivity index (χ2v) is 17.3. The monoisotopic (exact) mass is 1020 g/mol. The zero-order chi connectivity index (χ0) is 54.1. The van der Waals surface area contributed by atoms with Crippen molar-refractivity contribution in [2.75, 3.05) is 13.2 Å². The van der Waals surface area contributed by atoms with Crippen molar-refractivity contribution < 1.29 is 57.8 Å². The van der Waals surface area contributed by atoms with Gasteiger partial charge in [-0.3, -0.25) is 0 Å². The molecule has 1 aliphatic rings. The number of esters is 3. The predicted octanol–water partition coefficient (Wildman–Crippen LogP) is 14.0. The van der Waals surface area contributed by atoms with E-state index in [4.69, 9.17) is 33.5 Å². The minimum Gasteiger partial charge on any atom is -0.508 e. The van der Waals surface area contributed by atoms with Gasteiger partial charge in [0.15, 0.2) is 0 Å². The lowest BCUT2D eigenvalue weighted by molar-refractivity contribution is -0.129. The van der Waals surface area contributed by atoms with Gasteiger partial charge in [-0.1, -0.05) is 125 Å². The summed E-state index contributed by atoms with van der Waals surface area (Å²) in [6.45, 7) is 13.9. The highest BCUT2D eigenvalue weighted by Gasteiger charge is 2.15. The van der Waals surface area contributed by atoms with Crippen LogP contribution in [-0.4, -0.2) is 47.3 Å². The Bertz CT molecular complexity index is 3210. The van der Waals surface area contributed by atoms with E-state index in [0.717, 1.165) is 106 Å². The molecule has 0 radical (unpaired) electrons. The molecule has 1 fully saturated rings. The molecular formula is C64H62O12. The first-order valence-electron chi connectivity index (χ1n) is 25.0. The van der Waals surface area contributed by atoms with Crippen molar-refractivity contribution in [3.63, 3.8) is 0 Å². The van der Waals surface area contributed by atoms with Gasteiger partial charge in [-0.05, 0) is 154 Å². The molecule has 1 saturated heterocycles. The van der Waals surface area contributed by atoms with Gasteiger partial charge in [0, 0.05) is 25.4 Å². The molecule has 0 amide bonds. The number of aryl methyl sites for hydroxylation is 2. The molecule has 8 aromatic rings. The van der Waals surface area contributed by atoms with Gasteiger partial charge in [0.25, 0.3) is 0 Å². The largest absolute Gasteiger partial charge is 0.508 e.